The molecule has 5 aromatic rings. The number of nitro groups is 1. The number of aliphatic hydroxyl groups excluding tert-OH is 1. The number of primary amides is 1. The van der Waals surface area contributed by atoms with Gasteiger partial charge in [0.25, 0.3) is 5.69 Å². The number of imide groups is 1. The molecule has 5 aromatic carbocycles. The minimum absolute atomic E-state index is 0.0467. The standard InChI is InChI=1S/C52H48N4O11/c53-47(58)42-44-48(59)67-45(36-14-7-4-8-15-36)43(35-12-5-3-6-13-35)55(44)46(37-16-11-17-39(31-37)65-29-28-57)52(42)40-30-33(24-27-51(62)25-9-1-2-10-26-51)20-23-41(40)54(49(52)60)50(61)66-32-34-18-21-38(22-19-34)56(63)64/h3-8,11-23,30-31,42-46,57,62H,1-2,9-10,25-26,28-29,32H2,(H2,53,58)/t42-,43-,44-,45+,46+,52-/m0/s1. The number of nitrogens with two attached hydrogens (primary N) is 1. The number of amides is 3. The van der Waals surface area contributed by atoms with E-state index in [1.807, 2.05) is 65.6 Å². The van der Waals surface area contributed by atoms with Gasteiger partial charge in [0, 0.05) is 17.7 Å². The van der Waals surface area contributed by atoms with E-state index in [1.165, 1.54) is 30.3 Å². The molecule has 342 valence electrons. The maximum absolute atomic E-state index is 16.2. The lowest BCUT2D eigenvalue weighted by Crippen LogP contribution is -2.55. The zero-order valence-electron chi connectivity index (χ0n) is 36.4. The van der Waals surface area contributed by atoms with Crippen LogP contribution in [0.4, 0.5) is 16.2 Å². The molecule has 6 atom stereocenters. The van der Waals surface area contributed by atoms with Gasteiger partial charge in [-0.15, -0.1) is 0 Å². The number of esters is 1. The van der Waals surface area contributed by atoms with Crippen molar-refractivity contribution in [1.29, 1.82) is 0 Å². The van der Waals surface area contributed by atoms with Crippen LogP contribution in [-0.4, -0.2) is 68.8 Å². The van der Waals surface area contributed by atoms with E-state index in [0.29, 0.717) is 46.4 Å². The third kappa shape index (κ3) is 8.17. The second-order valence-electron chi connectivity index (χ2n) is 17.4. The number of rotatable bonds is 10. The number of ether oxygens (including phenoxy) is 3. The molecule has 67 heavy (non-hydrogen) atoms. The fourth-order valence-electron chi connectivity index (χ4n) is 10.5. The molecule has 0 radical (unpaired) electrons. The zero-order chi connectivity index (χ0) is 46.9. The van der Waals surface area contributed by atoms with Crippen molar-refractivity contribution in [3.8, 4) is 17.6 Å². The first-order chi connectivity index (χ1) is 32.4. The van der Waals surface area contributed by atoms with Gasteiger partial charge in [0.05, 0.1) is 35.2 Å². The molecule has 9 rings (SSSR count). The molecule has 3 amide bonds. The Morgan fingerprint density at radius 3 is 2.16 bits per heavy atom. The Morgan fingerprint density at radius 2 is 1.51 bits per heavy atom. The summed E-state index contributed by atoms with van der Waals surface area (Å²) in [5, 5.41) is 32.7. The number of carbonyl (C=O) groups excluding carboxylic acids is 4. The molecule has 2 saturated heterocycles. The van der Waals surface area contributed by atoms with Crippen molar-refractivity contribution in [3.63, 3.8) is 0 Å². The summed E-state index contributed by atoms with van der Waals surface area (Å²) in [4.78, 5) is 73.9. The SMILES string of the molecule is NC(=O)[C@@H]1[C@H]2C(=O)O[C@H](c3ccccc3)[C@H](c3ccccc3)N2[C@H](c2cccc(OCCO)c2)[C@@]12C(=O)N(C(=O)OCc1ccc([N+](=O)[O-])cc1)c1ccc(C#CC3(O)CCCCCC3)cc12. The quantitative estimate of drug-likeness (QED) is 0.0430. The van der Waals surface area contributed by atoms with Gasteiger partial charge in [-0.25, -0.2) is 9.69 Å². The Hall–Kier alpha value is -7.38. The lowest BCUT2D eigenvalue weighted by atomic mass is 9.65. The summed E-state index contributed by atoms with van der Waals surface area (Å²) >= 11 is 0. The molecule has 4 N–H and O–H groups in total. The van der Waals surface area contributed by atoms with Crippen LogP contribution in [0.2, 0.25) is 0 Å². The summed E-state index contributed by atoms with van der Waals surface area (Å²) in [6.07, 6.45) is 2.41. The van der Waals surface area contributed by atoms with Crippen LogP contribution < -0.4 is 15.4 Å². The topological polar surface area (TPSA) is 212 Å². The first kappa shape index (κ1) is 44.8. The second kappa shape index (κ2) is 18.5. The Labute approximate surface area is 386 Å². The molecule has 4 aliphatic rings. The highest BCUT2D eigenvalue weighted by atomic mass is 16.6. The molecule has 1 spiro atoms. The van der Waals surface area contributed by atoms with Crippen molar-refractivity contribution in [2.24, 2.45) is 11.7 Å². The highest BCUT2D eigenvalue weighted by Crippen LogP contribution is 2.66. The molecule has 3 aliphatic heterocycles. The number of nitrogens with zero attached hydrogens (tertiary/aromatic N) is 3. The van der Waals surface area contributed by atoms with Crippen LogP contribution in [0.3, 0.4) is 0 Å². The fraction of sp³-hybridized carbons (Fsp3) is 0.308. The summed E-state index contributed by atoms with van der Waals surface area (Å²) in [7, 11) is 0. The van der Waals surface area contributed by atoms with Crippen LogP contribution in [0.1, 0.15) is 90.1 Å². The summed E-state index contributed by atoms with van der Waals surface area (Å²) < 4.78 is 18.1. The fourth-order valence-corrected chi connectivity index (χ4v) is 10.5. The van der Waals surface area contributed by atoms with E-state index >= 15 is 9.59 Å². The average Bonchev–Trinajstić information content (AvgIpc) is 3.68. The molecular formula is C52H48N4O11. The molecule has 3 fully saturated rings. The number of morpholine rings is 1. The van der Waals surface area contributed by atoms with Crippen LogP contribution in [0.25, 0.3) is 0 Å². The third-order valence-corrected chi connectivity index (χ3v) is 13.4. The molecular weight excluding hydrogens is 857 g/mol. The first-order valence-electron chi connectivity index (χ1n) is 22.3. The normalized spacial score (nSPS) is 24.1. The van der Waals surface area contributed by atoms with Crippen molar-refractivity contribution in [3.05, 3.63) is 171 Å². The largest absolute Gasteiger partial charge is 0.491 e. The van der Waals surface area contributed by atoms with Crippen LogP contribution >= 0.6 is 0 Å². The van der Waals surface area contributed by atoms with Crippen LogP contribution in [0.15, 0.2) is 127 Å². The number of benzene rings is 5. The second-order valence-corrected chi connectivity index (χ2v) is 17.4. The number of fused-ring (bicyclic) bond motifs is 3. The lowest BCUT2D eigenvalue weighted by Gasteiger charge is -2.46. The van der Waals surface area contributed by atoms with Gasteiger partial charge in [-0.2, -0.15) is 0 Å². The predicted octanol–water partition coefficient (Wildman–Crippen LogP) is 6.89. The number of cyclic esters (lactones) is 1. The minimum Gasteiger partial charge on any atom is -0.491 e. The van der Waals surface area contributed by atoms with Gasteiger partial charge in [0.2, 0.25) is 11.8 Å². The summed E-state index contributed by atoms with van der Waals surface area (Å²) in [5.41, 5.74) is 5.61. The number of carbonyl (C=O) groups is 4. The Balaban J connectivity index is 1.29. The molecule has 3 heterocycles. The number of hydrogen-bond donors (Lipinski definition) is 3. The van der Waals surface area contributed by atoms with E-state index in [4.69, 9.17) is 19.9 Å². The Bertz CT molecular complexity index is 2770. The molecule has 0 unspecified atom stereocenters. The molecule has 1 saturated carbocycles. The summed E-state index contributed by atoms with van der Waals surface area (Å²) in [6.45, 7) is -0.735. The van der Waals surface area contributed by atoms with E-state index in [-0.39, 0.29) is 36.8 Å². The molecule has 0 bridgehead atoms. The molecule has 15 nitrogen and oxygen atoms in total. The van der Waals surface area contributed by atoms with Crippen molar-refractivity contribution in [1.82, 2.24) is 4.90 Å². The van der Waals surface area contributed by atoms with Crippen molar-refractivity contribution < 1.29 is 48.5 Å². The number of aliphatic hydroxyl groups is 2. The predicted molar refractivity (Wildman–Crippen MR) is 243 cm³/mol. The van der Waals surface area contributed by atoms with E-state index in [1.54, 1.807) is 36.4 Å². The summed E-state index contributed by atoms with van der Waals surface area (Å²) in [6, 6.07) is 31.7. The lowest BCUT2D eigenvalue weighted by molar-refractivity contribution is -0.384. The number of non-ortho nitro benzene ring substituents is 1. The van der Waals surface area contributed by atoms with Crippen LogP contribution in [0.5, 0.6) is 5.75 Å². The number of nitro benzene ring substituents is 1. The van der Waals surface area contributed by atoms with Gasteiger partial charge in [-0.05, 0) is 96.0 Å². The zero-order valence-corrected chi connectivity index (χ0v) is 36.4. The third-order valence-electron chi connectivity index (χ3n) is 13.4. The molecule has 0 aromatic heterocycles. The van der Waals surface area contributed by atoms with Gasteiger partial charge in [-0.3, -0.25) is 29.4 Å². The number of hydrogen-bond acceptors (Lipinski definition) is 12. The minimum atomic E-state index is -2.16. The van der Waals surface area contributed by atoms with Crippen molar-refractivity contribution >= 4 is 35.3 Å². The highest BCUT2D eigenvalue weighted by Gasteiger charge is 2.75. The number of anilines is 1. The van der Waals surface area contributed by atoms with Gasteiger partial charge < -0.3 is 30.2 Å². The van der Waals surface area contributed by atoms with Crippen molar-refractivity contribution in [2.45, 2.75) is 80.4 Å². The highest BCUT2D eigenvalue weighted by molar-refractivity contribution is 6.23. The van der Waals surface area contributed by atoms with Crippen LogP contribution in [-0.2, 0) is 35.9 Å². The van der Waals surface area contributed by atoms with E-state index in [9.17, 15) is 29.9 Å². The maximum atomic E-state index is 16.2. The smallest absolute Gasteiger partial charge is 0.421 e. The van der Waals surface area contributed by atoms with Gasteiger partial charge in [0.1, 0.15) is 42.1 Å². The van der Waals surface area contributed by atoms with Crippen LogP contribution in [0, 0.1) is 27.9 Å². The van der Waals surface area contributed by atoms with E-state index < -0.39 is 70.0 Å². The maximum Gasteiger partial charge on any atom is 0.421 e. The Kier molecular flexibility index (Phi) is 12.4. The van der Waals surface area contributed by atoms with Gasteiger partial charge in [0.15, 0.2) is 0 Å². The van der Waals surface area contributed by atoms with Gasteiger partial charge in [-0.1, -0.05) is 97.5 Å². The monoisotopic (exact) mass is 904 g/mol. The van der Waals surface area contributed by atoms with Crippen molar-refractivity contribution in [2.75, 3.05) is 18.1 Å². The van der Waals surface area contributed by atoms with E-state index in [0.717, 1.165) is 30.6 Å². The van der Waals surface area contributed by atoms with E-state index in [2.05, 4.69) is 11.8 Å². The summed E-state index contributed by atoms with van der Waals surface area (Å²) in [5.74, 6) is 2.13. The average molecular weight is 905 g/mol. The Morgan fingerprint density at radius 1 is 0.836 bits per heavy atom. The first-order valence-corrected chi connectivity index (χ1v) is 22.3. The van der Waals surface area contributed by atoms with Gasteiger partial charge >= 0.3 is 12.1 Å². The molecule has 15 heteroatoms. The molecule has 1 aliphatic carbocycles.